The van der Waals surface area contributed by atoms with Crippen LogP contribution in [0.4, 0.5) is 0 Å². The van der Waals surface area contributed by atoms with Crippen molar-refractivity contribution < 1.29 is 29.7 Å². The zero-order valence-electron chi connectivity index (χ0n) is 11.5. The highest BCUT2D eigenvalue weighted by Crippen LogP contribution is 2.02. The van der Waals surface area contributed by atoms with Gasteiger partial charge in [-0.2, -0.15) is 0 Å². The fourth-order valence-electron chi connectivity index (χ4n) is 1.64. The van der Waals surface area contributed by atoms with Crippen LogP contribution in [0.3, 0.4) is 0 Å². The monoisotopic (exact) mass is 308 g/mol. The zero-order chi connectivity index (χ0) is 15.5. The predicted molar refractivity (Wildman–Crippen MR) is 66.2 cm³/mol. The lowest BCUT2D eigenvalue weighted by atomic mass is 10.3. The molecule has 1 aliphatic rings. The molecule has 0 aromatic carbocycles. The highest BCUT2D eigenvalue weighted by molar-refractivity contribution is 4.68. The molecule has 1 fully saturated rings. The van der Waals surface area contributed by atoms with Crippen molar-refractivity contribution in [2.24, 2.45) is 10.6 Å². The summed E-state index contributed by atoms with van der Waals surface area (Å²) in [4.78, 5) is 9.60. The number of nitrogens with zero attached hydrogens (tertiary/aromatic N) is 5. The Morgan fingerprint density at radius 2 is 1.86 bits per heavy atom. The number of rotatable bonds is 10. The maximum atomic E-state index is 11.4. The molecule has 1 saturated heterocycles. The summed E-state index contributed by atoms with van der Waals surface area (Å²) in [6, 6.07) is -0.275. The molecule has 0 amide bonds. The van der Waals surface area contributed by atoms with Gasteiger partial charge in [-0.05, 0) is 0 Å². The molecule has 0 saturated carbocycles. The van der Waals surface area contributed by atoms with Crippen molar-refractivity contribution in [3.05, 3.63) is 10.4 Å². The summed E-state index contributed by atoms with van der Waals surface area (Å²) in [6.07, 6.45) is 0.674. The van der Waals surface area contributed by atoms with E-state index in [0.717, 1.165) is 11.6 Å². The maximum absolute atomic E-state index is 11.4. The van der Waals surface area contributed by atoms with Gasteiger partial charge >= 0.3 is 0 Å². The van der Waals surface area contributed by atoms with Crippen molar-refractivity contribution in [1.82, 2.24) is 10.3 Å². The molecule has 0 spiro atoms. The zero-order valence-corrected chi connectivity index (χ0v) is 11.5. The standard InChI is InChI=1S/C9H20N6O6/c16-5-3-13(4-6-17)15(19)12-21-8-20-11-14(18)9-1-2-10-7-9/h9-10,16-17H,1-8H2. The molecule has 0 aliphatic carbocycles. The summed E-state index contributed by atoms with van der Waals surface area (Å²) in [5.41, 5.74) is 0. The van der Waals surface area contributed by atoms with Crippen molar-refractivity contribution in [3.8, 4) is 0 Å². The Morgan fingerprint density at radius 3 is 2.43 bits per heavy atom. The van der Waals surface area contributed by atoms with Gasteiger partial charge in [0.25, 0.3) is 6.79 Å². The second-order valence-corrected chi connectivity index (χ2v) is 4.14. The van der Waals surface area contributed by atoms with Crippen molar-refractivity contribution in [3.63, 3.8) is 0 Å². The first-order chi connectivity index (χ1) is 10.2. The normalized spacial score (nSPS) is 19.6. The smallest absolute Gasteiger partial charge is 0.292 e. The van der Waals surface area contributed by atoms with Gasteiger partial charge in [-0.25, -0.2) is 0 Å². The highest BCUT2D eigenvalue weighted by Gasteiger charge is 2.23. The molecular weight excluding hydrogens is 288 g/mol. The predicted octanol–water partition coefficient (Wildman–Crippen LogP) is -1.70. The van der Waals surface area contributed by atoms with Crippen molar-refractivity contribution in [2.45, 2.75) is 12.5 Å². The van der Waals surface area contributed by atoms with Gasteiger partial charge in [0, 0.05) is 13.0 Å². The van der Waals surface area contributed by atoms with E-state index in [9.17, 15) is 10.4 Å². The van der Waals surface area contributed by atoms with Crippen LogP contribution in [0.1, 0.15) is 6.42 Å². The highest BCUT2D eigenvalue weighted by atomic mass is 16.8. The summed E-state index contributed by atoms with van der Waals surface area (Å²) in [5, 5.41) is 50.6. The Kier molecular flexibility index (Phi) is 8.08. The van der Waals surface area contributed by atoms with Crippen LogP contribution in [-0.4, -0.2) is 77.3 Å². The van der Waals surface area contributed by atoms with E-state index in [0.29, 0.717) is 17.8 Å². The van der Waals surface area contributed by atoms with Gasteiger partial charge in [0.1, 0.15) is 13.1 Å². The molecule has 1 unspecified atom stereocenters. The number of hydrogen-bond donors (Lipinski definition) is 3. The van der Waals surface area contributed by atoms with Gasteiger partial charge < -0.3 is 30.8 Å². The molecule has 0 radical (unpaired) electrons. The molecule has 12 heteroatoms. The molecule has 1 aliphatic heterocycles. The van der Waals surface area contributed by atoms with Crippen LogP contribution < -0.4 is 5.32 Å². The summed E-state index contributed by atoms with van der Waals surface area (Å²) in [6.45, 7) is 0.204. The van der Waals surface area contributed by atoms with Crippen LogP contribution in [0.25, 0.3) is 0 Å². The molecular formula is C9H20N6O6. The number of nitrogens with one attached hydrogen (secondary N) is 1. The Bertz CT molecular complexity index is 342. The van der Waals surface area contributed by atoms with E-state index in [-0.39, 0.29) is 37.3 Å². The van der Waals surface area contributed by atoms with Crippen molar-refractivity contribution in [2.75, 3.05) is 46.2 Å². The van der Waals surface area contributed by atoms with E-state index in [2.05, 4.69) is 25.5 Å². The number of hydrazine groups is 1. The number of aliphatic hydroxyl groups is 2. The Morgan fingerprint density at radius 1 is 1.19 bits per heavy atom. The van der Waals surface area contributed by atoms with E-state index in [1.165, 1.54) is 0 Å². The number of hydrogen-bond acceptors (Lipinski definition) is 9. The second-order valence-electron chi connectivity index (χ2n) is 4.14. The fraction of sp³-hybridized carbons (Fsp3) is 1.00. The quantitative estimate of drug-likeness (QED) is 0.142. The Labute approximate surface area is 120 Å². The molecule has 0 aromatic rings. The lowest BCUT2D eigenvalue weighted by molar-refractivity contribution is -0.713. The van der Waals surface area contributed by atoms with Crippen LogP contribution in [0.2, 0.25) is 0 Å². The number of hydroxylamine groups is 1. The lowest BCUT2D eigenvalue weighted by Crippen LogP contribution is -2.35. The molecule has 122 valence electrons. The van der Waals surface area contributed by atoms with Gasteiger partial charge in [-0.1, -0.05) is 4.86 Å². The molecule has 0 bridgehead atoms. The summed E-state index contributed by atoms with van der Waals surface area (Å²) < 4.78 is 0. The van der Waals surface area contributed by atoms with Gasteiger partial charge in [-0.15, -0.1) is 5.01 Å². The minimum Gasteiger partial charge on any atom is -0.597 e. The van der Waals surface area contributed by atoms with Gasteiger partial charge in [0.15, 0.2) is 0 Å². The lowest BCUT2D eigenvalue weighted by Gasteiger charge is -2.15. The third-order valence-electron chi connectivity index (χ3n) is 2.68. The molecule has 12 nitrogen and oxygen atoms in total. The van der Waals surface area contributed by atoms with Crippen LogP contribution in [0, 0.1) is 10.4 Å². The molecule has 1 atom stereocenters. The topological polar surface area (TPSA) is 151 Å². The van der Waals surface area contributed by atoms with Crippen molar-refractivity contribution >= 4 is 0 Å². The van der Waals surface area contributed by atoms with E-state index in [1.54, 1.807) is 0 Å². The minimum atomic E-state index is -0.510. The third-order valence-corrected chi connectivity index (χ3v) is 2.68. The van der Waals surface area contributed by atoms with Gasteiger partial charge in [0.2, 0.25) is 16.6 Å². The SMILES string of the molecule is [O-][N+](=NOCON=[N+]([O-])N(CCO)CCO)C1CCNC1. The van der Waals surface area contributed by atoms with Gasteiger partial charge in [-0.3, -0.25) is 4.84 Å². The molecule has 0 aromatic heterocycles. The largest absolute Gasteiger partial charge is 0.597 e. The van der Waals surface area contributed by atoms with Crippen LogP contribution in [0.15, 0.2) is 10.6 Å². The first kappa shape index (κ1) is 17.1. The first-order valence-corrected chi connectivity index (χ1v) is 6.45. The molecule has 1 heterocycles. The van der Waals surface area contributed by atoms with Crippen LogP contribution in [-0.2, 0) is 9.68 Å². The molecule has 21 heavy (non-hydrogen) atoms. The second kappa shape index (κ2) is 9.90. The van der Waals surface area contributed by atoms with Crippen LogP contribution in [0.5, 0.6) is 0 Å². The Balaban J connectivity index is 2.27. The molecule has 3 N–H and O–H groups in total. The summed E-state index contributed by atoms with van der Waals surface area (Å²) in [5.74, 6) is 0. The summed E-state index contributed by atoms with van der Waals surface area (Å²) >= 11 is 0. The fourth-order valence-corrected chi connectivity index (χ4v) is 1.64. The molecule has 1 rings (SSSR count). The van der Waals surface area contributed by atoms with E-state index in [4.69, 9.17) is 10.2 Å². The van der Waals surface area contributed by atoms with E-state index in [1.807, 2.05) is 0 Å². The summed E-state index contributed by atoms with van der Waals surface area (Å²) in [7, 11) is 0. The van der Waals surface area contributed by atoms with Crippen molar-refractivity contribution in [1.29, 1.82) is 0 Å². The minimum absolute atomic E-state index is 0.00876. The third kappa shape index (κ3) is 6.37. The average Bonchev–Trinajstić information content (AvgIpc) is 3.00. The van der Waals surface area contributed by atoms with E-state index >= 15 is 0 Å². The maximum Gasteiger partial charge on any atom is 0.292 e. The first-order valence-electron chi connectivity index (χ1n) is 6.45. The van der Waals surface area contributed by atoms with Gasteiger partial charge in [0.05, 0.1) is 24.7 Å². The average molecular weight is 308 g/mol. The van der Waals surface area contributed by atoms with E-state index < -0.39 is 6.79 Å². The van der Waals surface area contributed by atoms with Crippen LogP contribution >= 0.6 is 0 Å². The number of aliphatic hydroxyl groups excluding tert-OH is 2. The Hall–Kier alpha value is -1.92.